The first-order valence-electron chi connectivity index (χ1n) is 9.48. The second kappa shape index (κ2) is 10.0. The van der Waals surface area contributed by atoms with E-state index in [1.54, 1.807) is 36.7 Å². The molecule has 9 heteroatoms. The number of amides is 1. The van der Waals surface area contributed by atoms with Gasteiger partial charge in [0, 0.05) is 29.9 Å². The summed E-state index contributed by atoms with van der Waals surface area (Å²) in [4.78, 5) is 12.4. The molecular weight excluding hydrogens is 412 g/mol. The number of sulfonamides is 1. The molecule has 2 N–H and O–H groups in total. The van der Waals surface area contributed by atoms with E-state index in [1.165, 1.54) is 18.2 Å². The maximum absolute atomic E-state index is 12.2. The maximum atomic E-state index is 12.2. The smallest absolute Gasteiger partial charge is 0.248 e. The summed E-state index contributed by atoms with van der Waals surface area (Å²) in [6.07, 6.45) is 5.03. The van der Waals surface area contributed by atoms with Crippen molar-refractivity contribution >= 4 is 39.3 Å². The van der Waals surface area contributed by atoms with Crippen molar-refractivity contribution in [3.63, 3.8) is 0 Å². The summed E-state index contributed by atoms with van der Waals surface area (Å²) < 4.78 is 28.5. The first kappa shape index (κ1) is 23.1. The Bertz CT molecular complexity index is 980. The molecule has 2 rings (SSSR count). The second-order valence-corrected chi connectivity index (χ2v) is 9.06. The molecule has 0 unspecified atom stereocenters. The van der Waals surface area contributed by atoms with Gasteiger partial charge in [-0.15, -0.1) is 0 Å². The average Bonchev–Trinajstić information content (AvgIpc) is 2.91. The van der Waals surface area contributed by atoms with Crippen molar-refractivity contribution in [2.45, 2.75) is 58.0 Å². The van der Waals surface area contributed by atoms with Gasteiger partial charge in [-0.2, -0.15) is 5.10 Å². The quantitative estimate of drug-likeness (QED) is 0.579. The minimum atomic E-state index is -3.57. The van der Waals surface area contributed by atoms with E-state index >= 15 is 0 Å². The highest BCUT2D eigenvalue weighted by molar-refractivity contribution is 7.89. The molecule has 1 amide bonds. The van der Waals surface area contributed by atoms with Crippen LogP contribution >= 0.6 is 11.6 Å². The molecule has 7 nitrogen and oxygen atoms in total. The van der Waals surface area contributed by atoms with Gasteiger partial charge in [-0.05, 0) is 57.5 Å². The van der Waals surface area contributed by atoms with Gasteiger partial charge < -0.3 is 5.32 Å². The number of nitrogens with zero attached hydrogens (tertiary/aromatic N) is 2. The van der Waals surface area contributed by atoms with E-state index in [-0.39, 0.29) is 16.8 Å². The Morgan fingerprint density at radius 1 is 1.28 bits per heavy atom. The van der Waals surface area contributed by atoms with Crippen molar-refractivity contribution in [2.75, 3.05) is 5.32 Å². The van der Waals surface area contributed by atoms with Crippen molar-refractivity contribution in [3.05, 3.63) is 46.8 Å². The van der Waals surface area contributed by atoms with E-state index in [9.17, 15) is 13.2 Å². The van der Waals surface area contributed by atoms with Gasteiger partial charge >= 0.3 is 0 Å². The fourth-order valence-electron chi connectivity index (χ4n) is 2.65. The van der Waals surface area contributed by atoms with Crippen LogP contribution in [-0.4, -0.2) is 30.1 Å². The number of nitrogens with one attached hydrogen (secondary N) is 2. The largest absolute Gasteiger partial charge is 0.323 e. The van der Waals surface area contributed by atoms with Gasteiger partial charge in [0.05, 0.1) is 10.6 Å². The second-order valence-electron chi connectivity index (χ2n) is 6.99. The molecule has 0 fully saturated rings. The normalized spacial score (nSPS) is 12.1. The molecule has 0 atom stereocenters. The van der Waals surface area contributed by atoms with Crippen LogP contribution in [0.25, 0.3) is 6.08 Å². The van der Waals surface area contributed by atoms with E-state index in [0.717, 1.165) is 25.1 Å². The van der Waals surface area contributed by atoms with E-state index in [4.69, 9.17) is 11.6 Å². The predicted octanol–water partition coefficient (Wildman–Crippen LogP) is 3.98. The van der Waals surface area contributed by atoms with Gasteiger partial charge in [-0.3, -0.25) is 9.48 Å². The lowest BCUT2D eigenvalue weighted by atomic mass is 10.2. The highest BCUT2D eigenvalue weighted by Gasteiger charge is 2.15. The molecule has 29 heavy (non-hydrogen) atoms. The van der Waals surface area contributed by atoms with Gasteiger partial charge in [0.1, 0.15) is 5.15 Å². The zero-order valence-corrected chi connectivity index (χ0v) is 18.6. The molecule has 0 saturated heterocycles. The molecule has 0 spiro atoms. The highest BCUT2D eigenvalue weighted by Crippen LogP contribution is 2.22. The highest BCUT2D eigenvalue weighted by atomic mass is 35.5. The lowest BCUT2D eigenvalue weighted by molar-refractivity contribution is -0.111. The summed E-state index contributed by atoms with van der Waals surface area (Å²) in [7, 11) is -3.57. The molecule has 0 aliphatic heterocycles. The summed E-state index contributed by atoms with van der Waals surface area (Å²) in [5.41, 5.74) is 1.95. The Labute approximate surface area is 177 Å². The number of carbonyl (C=O) groups excluding carboxylic acids is 1. The van der Waals surface area contributed by atoms with E-state index < -0.39 is 10.0 Å². The third-order valence-electron chi connectivity index (χ3n) is 4.06. The predicted molar refractivity (Wildman–Crippen MR) is 116 cm³/mol. The molecule has 158 valence electrons. The number of halogens is 1. The lowest BCUT2D eigenvalue weighted by Crippen LogP contribution is -2.30. The van der Waals surface area contributed by atoms with Gasteiger partial charge in [-0.1, -0.05) is 24.9 Å². The first-order valence-corrected chi connectivity index (χ1v) is 11.3. The first-order chi connectivity index (χ1) is 13.6. The summed E-state index contributed by atoms with van der Waals surface area (Å²) in [6, 6.07) is 5.78. The SMILES string of the molecule is CCCCn1nc(C)c(C=CC(=O)Nc2ccc(S(=O)(=O)NC(C)C)cc2)c1Cl. The number of unbranched alkanes of at least 4 members (excludes halogenated alkanes) is 1. The Morgan fingerprint density at radius 2 is 1.93 bits per heavy atom. The molecule has 1 heterocycles. The summed E-state index contributed by atoms with van der Waals surface area (Å²) in [5, 5.41) is 7.61. The van der Waals surface area contributed by atoms with Gasteiger partial charge in [0.15, 0.2) is 0 Å². The number of anilines is 1. The van der Waals surface area contributed by atoms with Crippen molar-refractivity contribution in [2.24, 2.45) is 0 Å². The van der Waals surface area contributed by atoms with Gasteiger partial charge in [0.25, 0.3) is 0 Å². The van der Waals surface area contributed by atoms with Crippen LogP contribution in [0, 0.1) is 6.92 Å². The number of hydrogen-bond acceptors (Lipinski definition) is 4. The van der Waals surface area contributed by atoms with Crippen molar-refractivity contribution in [1.29, 1.82) is 0 Å². The number of rotatable bonds is 9. The fourth-order valence-corrected chi connectivity index (χ4v) is 4.22. The van der Waals surface area contributed by atoms with Crippen molar-refractivity contribution in [3.8, 4) is 0 Å². The fraction of sp³-hybridized carbons (Fsp3) is 0.400. The summed E-state index contributed by atoms with van der Waals surface area (Å²) in [6.45, 7) is 8.17. The van der Waals surface area contributed by atoms with Crippen LogP contribution in [0.1, 0.15) is 44.9 Å². The standard InChI is InChI=1S/C20H27ClN4O3S/c1-5-6-13-25-20(21)18(15(4)23-25)11-12-19(26)22-16-7-9-17(10-8-16)29(27,28)24-14(2)3/h7-12,14,24H,5-6,13H2,1-4H3,(H,22,26). The molecular formula is C20H27ClN4O3S. The van der Waals surface area contributed by atoms with Crippen LogP contribution < -0.4 is 10.0 Å². The Balaban J connectivity index is 2.05. The van der Waals surface area contributed by atoms with E-state index in [0.29, 0.717) is 16.4 Å². The average molecular weight is 439 g/mol. The number of hydrogen-bond donors (Lipinski definition) is 2. The van der Waals surface area contributed by atoms with Gasteiger partial charge in [-0.25, -0.2) is 13.1 Å². The minimum absolute atomic E-state index is 0.140. The summed E-state index contributed by atoms with van der Waals surface area (Å²) >= 11 is 6.36. The van der Waals surface area contributed by atoms with Crippen LogP contribution in [-0.2, 0) is 21.4 Å². The third kappa shape index (κ3) is 6.42. The van der Waals surface area contributed by atoms with Crippen LogP contribution in [0.5, 0.6) is 0 Å². The number of aryl methyl sites for hydroxylation is 2. The summed E-state index contributed by atoms with van der Waals surface area (Å²) in [5.74, 6) is -0.349. The molecule has 0 aliphatic rings. The lowest BCUT2D eigenvalue weighted by Gasteiger charge is -2.10. The zero-order valence-electron chi connectivity index (χ0n) is 17.1. The van der Waals surface area contributed by atoms with Crippen LogP contribution in [0.3, 0.4) is 0 Å². The molecule has 1 aromatic heterocycles. The maximum Gasteiger partial charge on any atom is 0.248 e. The van der Waals surface area contributed by atoms with E-state index in [1.807, 2.05) is 6.92 Å². The number of benzene rings is 1. The topological polar surface area (TPSA) is 93.1 Å². The molecule has 2 aromatic rings. The van der Waals surface area contributed by atoms with Crippen molar-refractivity contribution in [1.82, 2.24) is 14.5 Å². The third-order valence-corrected chi connectivity index (χ3v) is 6.13. The van der Waals surface area contributed by atoms with E-state index in [2.05, 4.69) is 22.1 Å². The Morgan fingerprint density at radius 3 is 2.52 bits per heavy atom. The van der Waals surface area contributed by atoms with Gasteiger partial charge in [0.2, 0.25) is 15.9 Å². The molecule has 0 aliphatic carbocycles. The number of carbonyl (C=O) groups is 1. The number of aromatic nitrogens is 2. The Hall–Kier alpha value is -2.16. The monoisotopic (exact) mass is 438 g/mol. The van der Waals surface area contributed by atoms with Crippen LogP contribution in [0.2, 0.25) is 5.15 Å². The van der Waals surface area contributed by atoms with Crippen LogP contribution in [0.4, 0.5) is 5.69 Å². The molecule has 1 aromatic carbocycles. The van der Waals surface area contributed by atoms with Crippen LogP contribution in [0.15, 0.2) is 35.2 Å². The molecule has 0 bridgehead atoms. The molecule has 0 saturated carbocycles. The Kier molecular flexibility index (Phi) is 8.01. The minimum Gasteiger partial charge on any atom is -0.323 e. The zero-order chi connectivity index (χ0) is 21.6. The van der Waals surface area contributed by atoms with Crippen molar-refractivity contribution < 1.29 is 13.2 Å². The molecule has 0 radical (unpaired) electrons.